The van der Waals surface area contributed by atoms with Crippen molar-refractivity contribution < 1.29 is 14.7 Å². The molecule has 1 saturated heterocycles. The number of thioether (sulfide) groups is 1. The highest BCUT2D eigenvalue weighted by Crippen LogP contribution is 2.24. The van der Waals surface area contributed by atoms with E-state index in [-0.39, 0.29) is 5.92 Å². The van der Waals surface area contributed by atoms with Gasteiger partial charge in [0.1, 0.15) is 5.78 Å². The Morgan fingerprint density at radius 1 is 1.44 bits per heavy atom. The first-order valence-electron chi connectivity index (χ1n) is 6.00. The number of rotatable bonds is 4. The van der Waals surface area contributed by atoms with Crippen LogP contribution in [0.2, 0.25) is 0 Å². The first-order valence-corrected chi connectivity index (χ1v) is 7.15. The summed E-state index contributed by atoms with van der Waals surface area (Å²) in [7, 11) is 0. The second-order valence-electron chi connectivity index (χ2n) is 4.68. The van der Waals surface area contributed by atoms with Gasteiger partial charge in [-0.1, -0.05) is 24.3 Å². The summed E-state index contributed by atoms with van der Waals surface area (Å²) in [6.07, 6.45) is 0.771. The molecule has 2 rings (SSSR count). The fraction of sp³-hybridized carbons (Fsp3) is 0.429. The van der Waals surface area contributed by atoms with Crippen LogP contribution in [0, 0.1) is 5.92 Å². The van der Waals surface area contributed by atoms with Gasteiger partial charge in [0.05, 0.1) is 11.7 Å². The zero-order chi connectivity index (χ0) is 13.1. The third-order valence-corrected chi connectivity index (χ3v) is 4.48. The Balaban J connectivity index is 2.03. The molecule has 2 atom stereocenters. The van der Waals surface area contributed by atoms with Crippen molar-refractivity contribution in [1.29, 1.82) is 0 Å². The minimum atomic E-state index is -0.815. The molecule has 96 valence electrons. The smallest absolute Gasteiger partial charge is 0.310 e. The Bertz CT molecular complexity index is 453. The molecule has 0 bridgehead atoms. The van der Waals surface area contributed by atoms with Crippen LogP contribution in [0.3, 0.4) is 0 Å². The molecular formula is C14H16O3S. The molecule has 1 aliphatic rings. The highest BCUT2D eigenvalue weighted by molar-refractivity contribution is 8.00. The lowest BCUT2D eigenvalue weighted by Gasteiger charge is -2.10. The SMILES string of the molecule is CC(C(=O)O)c1ccc(CC2CSCC2=O)cc1. The molecule has 2 unspecified atom stereocenters. The van der Waals surface area contributed by atoms with Gasteiger partial charge in [0.25, 0.3) is 0 Å². The van der Waals surface area contributed by atoms with Gasteiger partial charge >= 0.3 is 5.97 Å². The number of ketones is 1. The number of carboxylic acid groups (broad SMARTS) is 1. The molecule has 3 nitrogen and oxygen atoms in total. The van der Waals surface area contributed by atoms with Crippen LogP contribution in [0.5, 0.6) is 0 Å². The van der Waals surface area contributed by atoms with Gasteiger partial charge in [0, 0.05) is 11.7 Å². The molecule has 0 amide bonds. The Labute approximate surface area is 111 Å². The number of carbonyl (C=O) groups excluding carboxylic acids is 1. The standard InChI is InChI=1S/C14H16O3S/c1-9(14(16)17)11-4-2-10(3-5-11)6-12-7-18-8-13(12)15/h2-5,9,12H,6-8H2,1H3,(H,16,17). The fourth-order valence-corrected chi connectivity index (χ4v) is 3.20. The summed E-state index contributed by atoms with van der Waals surface area (Å²) in [6.45, 7) is 1.68. The van der Waals surface area contributed by atoms with Crippen LogP contribution < -0.4 is 0 Å². The molecule has 1 N–H and O–H groups in total. The molecular weight excluding hydrogens is 248 g/mol. The monoisotopic (exact) mass is 264 g/mol. The van der Waals surface area contributed by atoms with Crippen LogP contribution in [-0.4, -0.2) is 28.4 Å². The number of benzene rings is 1. The summed E-state index contributed by atoms with van der Waals surface area (Å²) in [5.41, 5.74) is 1.91. The van der Waals surface area contributed by atoms with E-state index in [1.54, 1.807) is 18.7 Å². The van der Waals surface area contributed by atoms with Crippen LogP contribution in [0.1, 0.15) is 24.0 Å². The molecule has 18 heavy (non-hydrogen) atoms. The predicted octanol–water partition coefficient (Wildman–Crippen LogP) is 2.35. The van der Waals surface area contributed by atoms with Crippen molar-refractivity contribution in [3.63, 3.8) is 0 Å². The summed E-state index contributed by atoms with van der Waals surface area (Å²) in [5.74, 6) is 0.721. The molecule has 1 aliphatic heterocycles. The van der Waals surface area contributed by atoms with Crippen LogP contribution in [0.15, 0.2) is 24.3 Å². The van der Waals surface area contributed by atoms with Gasteiger partial charge in [-0.3, -0.25) is 9.59 Å². The predicted molar refractivity (Wildman–Crippen MR) is 72.0 cm³/mol. The zero-order valence-electron chi connectivity index (χ0n) is 10.3. The van der Waals surface area contributed by atoms with Crippen molar-refractivity contribution in [2.24, 2.45) is 5.92 Å². The minimum absolute atomic E-state index is 0.137. The largest absolute Gasteiger partial charge is 0.481 e. The topological polar surface area (TPSA) is 54.4 Å². The van der Waals surface area contributed by atoms with E-state index in [1.165, 1.54) is 0 Å². The Hall–Kier alpha value is -1.29. The fourth-order valence-electron chi connectivity index (χ4n) is 2.05. The molecule has 0 spiro atoms. The van der Waals surface area contributed by atoms with Gasteiger partial charge in [0.15, 0.2) is 0 Å². The number of Topliss-reactive ketones (excluding diaryl/α,β-unsaturated/α-hetero) is 1. The summed E-state index contributed by atoms with van der Waals surface area (Å²) in [6, 6.07) is 7.57. The van der Waals surface area contributed by atoms with E-state index < -0.39 is 11.9 Å². The Morgan fingerprint density at radius 3 is 2.61 bits per heavy atom. The molecule has 0 saturated carbocycles. The van der Waals surface area contributed by atoms with E-state index in [2.05, 4.69) is 0 Å². The van der Waals surface area contributed by atoms with Crippen molar-refractivity contribution in [3.8, 4) is 0 Å². The molecule has 1 aromatic rings. The lowest BCUT2D eigenvalue weighted by atomic mass is 9.95. The van der Waals surface area contributed by atoms with Gasteiger partial charge in [0.2, 0.25) is 0 Å². The van der Waals surface area contributed by atoms with E-state index in [9.17, 15) is 9.59 Å². The van der Waals surface area contributed by atoms with Crippen molar-refractivity contribution >= 4 is 23.5 Å². The molecule has 1 aromatic carbocycles. The van der Waals surface area contributed by atoms with Crippen molar-refractivity contribution in [3.05, 3.63) is 35.4 Å². The zero-order valence-corrected chi connectivity index (χ0v) is 11.1. The number of aliphatic carboxylic acids is 1. The Morgan fingerprint density at radius 2 is 2.11 bits per heavy atom. The van der Waals surface area contributed by atoms with E-state index in [4.69, 9.17) is 5.11 Å². The number of carbonyl (C=O) groups is 2. The highest BCUT2D eigenvalue weighted by atomic mass is 32.2. The first kappa shape index (κ1) is 13.1. The maximum Gasteiger partial charge on any atom is 0.310 e. The normalized spacial score (nSPS) is 20.9. The van der Waals surface area contributed by atoms with Crippen molar-refractivity contribution in [2.75, 3.05) is 11.5 Å². The van der Waals surface area contributed by atoms with E-state index in [0.717, 1.165) is 23.3 Å². The lowest BCUT2D eigenvalue weighted by Crippen LogP contribution is -2.14. The number of hydrogen-bond acceptors (Lipinski definition) is 3. The van der Waals surface area contributed by atoms with Gasteiger partial charge in [-0.25, -0.2) is 0 Å². The third kappa shape index (κ3) is 2.93. The molecule has 0 aromatic heterocycles. The maximum atomic E-state index is 11.5. The number of carboxylic acids is 1. The van der Waals surface area contributed by atoms with Gasteiger partial charge in [-0.15, -0.1) is 0 Å². The van der Waals surface area contributed by atoms with Crippen LogP contribution >= 0.6 is 11.8 Å². The van der Waals surface area contributed by atoms with Gasteiger partial charge in [-0.05, 0) is 24.5 Å². The summed E-state index contributed by atoms with van der Waals surface area (Å²) >= 11 is 1.69. The molecule has 1 fully saturated rings. The second-order valence-corrected chi connectivity index (χ2v) is 5.71. The molecule has 4 heteroatoms. The second kappa shape index (κ2) is 5.57. The minimum Gasteiger partial charge on any atom is -0.481 e. The summed E-state index contributed by atoms with van der Waals surface area (Å²) in [5, 5.41) is 8.92. The third-order valence-electron chi connectivity index (χ3n) is 3.35. The van der Waals surface area contributed by atoms with E-state index in [1.807, 2.05) is 24.3 Å². The summed E-state index contributed by atoms with van der Waals surface area (Å²) in [4.78, 5) is 22.4. The van der Waals surface area contributed by atoms with E-state index in [0.29, 0.717) is 11.5 Å². The first-order chi connectivity index (χ1) is 8.58. The maximum absolute atomic E-state index is 11.5. The summed E-state index contributed by atoms with van der Waals surface area (Å²) < 4.78 is 0. The highest BCUT2D eigenvalue weighted by Gasteiger charge is 2.25. The number of hydrogen-bond donors (Lipinski definition) is 1. The van der Waals surface area contributed by atoms with Gasteiger partial charge < -0.3 is 5.11 Å². The van der Waals surface area contributed by atoms with Crippen LogP contribution in [0.25, 0.3) is 0 Å². The van der Waals surface area contributed by atoms with E-state index >= 15 is 0 Å². The van der Waals surface area contributed by atoms with Crippen LogP contribution in [-0.2, 0) is 16.0 Å². The van der Waals surface area contributed by atoms with Crippen molar-refractivity contribution in [2.45, 2.75) is 19.3 Å². The average Bonchev–Trinajstić information content (AvgIpc) is 2.75. The average molecular weight is 264 g/mol. The lowest BCUT2D eigenvalue weighted by molar-refractivity contribution is -0.138. The van der Waals surface area contributed by atoms with Crippen molar-refractivity contribution in [1.82, 2.24) is 0 Å². The molecule has 0 aliphatic carbocycles. The molecule has 0 radical (unpaired) electrons. The quantitative estimate of drug-likeness (QED) is 0.907. The van der Waals surface area contributed by atoms with Gasteiger partial charge in [-0.2, -0.15) is 11.8 Å². The van der Waals surface area contributed by atoms with Crippen LogP contribution in [0.4, 0.5) is 0 Å². The Kier molecular flexibility index (Phi) is 4.07. The molecule has 1 heterocycles.